The first-order chi connectivity index (χ1) is 14.1. The first-order valence-electron chi connectivity index (χ1n) is 11.2. The van der Waals surface area contributed by atoms with Crippen molar-refractivity contribution in [1.82, 2.24) is 19.8 Å². The third-order valence-corrected chi connectivity index (χ3v) is 6.68. The van der Waals surface area contributed by atoms with Gasteiger partial charge >= 0.3 is 0 Å². The molecule has 2 saturated heterocycles. The minimum absolute atomic E-state index is 0.730. The molecule has 2 aliphatic rings. The van der Waals surface area contributed by atoms with E-state index in [0.717, 1.165) is 56.0 Å². The minimum atomic E-state index is 0.730. The van der Waals surface area contributed by atoms with Crippen LogP contribution in [-0.4, -0.2) is 72.1 Å². The predicted octanol–water partition coefficient (Wildman–Crippen LogP) is 3.29. The number of anilines is 1. The van der Waals surface area contributed by atoms with Crippen LogP contribution in [0.15, 0.2) is 30.3 Å². The highest BCUT2D eigenvalue weighted by Crippen LogP contribution is 2.21. The van der Waals surface area contributed by atoms with E-state index in [2.05, 4.69) is 65.9 Å². The van der Waals surface area contributed by atoms with Crippen LogP contribution in [0.2, 0.25) is 0 Å². The molecule has 1 unspecified atom stereocenters. The van der Waals surface area contributed by atoms with Crippen LogP contribution in [0.4, 0.5) is 5.95 Å². The summed E-state index contributed by atoms with van der Waals surface area (Å²) in [4.78, 5) is 17.3. The number of benzene rings is 1. The Labute approximate surface area is 175 Å². The zero-order valence-corrected chi connectivity index (χ0v) is 18.3. The summed E-state index contributed by atoms with van der Waals surface area (Å²) in [5.41, 5.74) is 4.81. The van der Waals surface area contributed by atoms with Gasteiger partial charge in [-0.15, -0.1) is 0 Å². The van der Waals surface area contributed by atoms with E-state index in [-0.39, 0.29) is 0 Å². The Morgan fingerprint density at radius 1 is 0.897 bits per heavy atom. The summed E-state index contributed by atoms with van der Waals surface area (Å²) >= 11 is 0. The molecule has 1 aromatic carbocycles. The van der Waals surface area contributed by atoms with Crippen LogP contribution < -0.4 is 4.90 Å². The van der Waals surface area contributed by atoms with E-state index in [1.54, 1.807) is 0 Å². The second kappa shape index (κ2) is 9.23. The number of aromatic nitrogens is 2. The molecule has 0 saturated carbocycles. The van der Waals surface area contributed by atoms with E-state index in [9.17, 15) is 0 Å². The third-order valence-electron chi connectivity index (χ3n) is 6.68. The van der Waals surface area contributed by atoms with Crippen LogP contribution in [0.3, 0.4) is 0 Å². The molecule has 3 heterocycles. The number of piperazine rings is 1. The number of aryl methyl sites for hydroxylation is 2. The number of piperidine rings is 1. The van der Waals surface area contributed by atoms with Gasteiger partial charge in [-0.05, 0) is 51.4 Å². The minimum Gasteiger partial charge on any atom is -0.338 e. The Balaban J connectivity index is 1.37. The van der Waals surface area contributed by atoms with Gasteiger partial charge in [0, 0.05) is 56.6 Å². The third kappa shape index (κ3) is 4.96. The highest BCUT2D eigenvalue weighted by Gasteiger charge is 2.25. The van der Waals surface area contributed by atoms with E-state index in [1.165, 1.54) is 43.5 Å². The van der Waals surface area contributed by atoms with Gasteiger partial charge in [0.15, 0.2) is 0 Å². The normalized spacial score (nSPS) is 21.5. The maximum absolute atomic E-state index is 4.89. The fourth-order valence-corrected chi connectivity index (χ4v) is 4.72. The summed E-state index contributed by atoms with van der Waals surface area (Å²) < 4.78 is 0. The van der Waals surface area contributed by atoms with E-state index < -0.39 is 0 Å². The molecule has 1 aromatic heterocycles. The maximum Gasteiger partial charge on any atom is 0.225 e. The van der Waals surface area contributed by atoms with Gasteiger partial charge < -0.3 is 9.80 Å². The Morgan fingerprint density at radius 2 is 1.59 bits per heavy atom. The Morgan fingerprint density at radius 3 is 2.24 bits per heavy atom. The summed E-state index contributed by atoms with van der Waals surface area (Å²) in [7, 11) is 2.29. The maximum atomic E-state index is 4.89. The molecule has 2 aliphatic heterocycles. The molecule has 0 bridgehead atoms. The lowest BCUT2D eigenvalue weighted by molar-refractivity contribution is 0.124. The molecule has 0 amide bonds. The Kier molecular flexibility index (Phi) is 6.46. The van der Waals surface area contributed by atoms with E-state index >= 15 is 0 Å². The van der Waals surface area contributed by atoms with Crippen molar-refractivity contribution in [1.29, 1.82) is 0 Å². The Hall–Kier alpha value is -1.98. The SMILES string of the molecule is Cc1nc(N2CCN(CC3CCCCN3C)CC2)nc(C)c1Cc1ccccc1. The van der Waals surface area contributed by atoms with Gasteiger partial charge in [-0.3, -0.25) is 4.90 Å². The molecule has 2 aromatic rings. The molecule has 5 heteroatoms. The van der Waals surface area contributed by atoms with Crippen molar-refractivity contribution < 1.29 is 0 Å². The molecule has 0 aliphatic carbocycles. The van der Waals surface area contributed by atoms with Crippen molar-refractivity contribution in [2.75, 3.05) is 51.2 Å². The lowest BCUT2D eigenvalue weighted by atomic mass is 10.0. The second-order valence-corrected chi connectivity index (χ2v) is 8.75. The van der Waals surface area contributed by atoms with Crippen LogP contribution in [0.25, 0.3) is 0 Å². The number of hydrogen-bond donors (Lipinski definition) is 0. The molecular formula is C24H35N5. The van der Waals surface area contributed by atoms with Crippen molar-refractivity contribution >= 4 is 5.95 Å². The highest BCUT2D eigenvalue weighted by atomic mass is 15.3. The Bertz CT molecular complexity index is 775. The van der Waals surface area contributed by atoms with Gasteiger partial charge in [0.05, 0.1) is 0 Å². The number of rotatable bonds is 5. The fourth-order valence-electron chi connectivity index (χ4n) is 4.72. The quantitative estimate of drug-likeness (QED) is 0.779. The lowest BCUT2D eigenvalue weighted by Gasteiger charge is -2.40. The van der Waals surface area contributed by atoms with Gasteiger partial charge in [-0.1, -0.05) is 36.8 Å². The zero-order valence-electron chi connectivity index (χ0n) is 18.3. The summed E-state index contributed by atoms with van der Waals surface area (Å²) in [6.07, 6.45) is 5.00. The van der Waals surface area contributed by atoms with Gasteiger partial charge in [0.2, 0.25) is 5.95 Å². The van der Waals surface area contributed by atoms with Gasteiger partial charge in [0.25, 0.3) is 0 Å². The monoisotopic (exact) mass is 393 g/mol. The predicted molar refractivity (Wildman–Crippen MR) is 120 cm³/mol. The van der Waals surface area contributed by atoms with Crippen LogP contribution in [0, 0.1) is 13.8 Å². The van der Waals surface area contributed by atoms with E-state index in [1.807, 2.05) is 0 Å². The van der Waals surface area contributed by atoms with Crippen molar-refractivity contribution in [3.8, 4) is 0 Å². The largest absolute Gasteiger partial charge is 0.338 e. The topological polar surface area (TPSA) is 35.5 Å². The number of nitrogens with zero attached hydrogens (tertiary/aromatic N) is 5. The van der Waals surface area contributed by atoms with E-state index in [0.29, 0.717) is 0 Å². The van der Waals surface area contributed by atoms with Gasteiger partial charge in [-0.2, -0.15) is 0 Å². The van der Waals surface area contributed by atoms with Crippen molar-refractivity contribution in [3.05, 3.63) is 52.8 Å². The van der Waals surface area contributed by atoms with Crippen LogP contribution in [-0.2, 0) is 6.42 Å². The van der Waals surface area contributed by atoms with Crippen LogP contribution in [0.5, 0.6) is 0 Å². The number of hydrogen-bond acceptors (Lipinski definition) is 5. The molecule has 4 rings (SSSR count). The summed E-state index contributed by atoms with van der Waals surface area (Å²) in [6.45, 7) is 11.0. The van der Waals surface area contributed by atoms with Crippen LogP contribution in [0.1, 0.15) is 41.8 Å². The molecule has 5 nitrogen and oxygen atoms in total. The fraction of sp³-hybridized carbons (Fsp3) is 0.583. The van der Waals surface area contributed by atoms with E-state index in [4.69, 9.17) is 9.97 Å². The first kappa shape index (κ1) is 20.3. The van der Waals surface area contributed by atoms with Crippen molar-refractivity contribution in [2.24, 2.45) is 0 Å². The summed E-state index contributed by atoms with van der Waals surface area (Å²) in [5, 5.41) is 0. The molecule has 0 radical (unpaired) electrons. The molecule has 156 valence electrons. The number of likely N-dealkylation sites (tertiary alicyclic amines) is 1. The summed E-state index contributed by atoms with van der Waals surface area (Å²) in [6, 6.07) is 11.3. The smallest absolute Gasteiger partial charge is 0.225 e. The molecule has 2 fully saturated rings. The zero-order chi connectivity index (χ0) is 20.2. The first-order valence-corrected chi connectivity index (χ1v) is 11.2. The van der Waals surface area contributed by atoms with Gasteiger partial charge in [0.1, 0.15) is 0 Å². The average Bonchev–Trinajstić information content (AvgIpc) is 2.73. The molecular weight excluding hydrogens is 358 g/mol. The average molecular weight is 394 g/mol. The van der Waals surface area contributed by atoms with Crippen molar-refractivity contribution in [2.45, 2.75) is 45.6 Å². The van der Waals surface area contributed by atoms with Gasteiger partial charge in [-0.25, -0.2) is 9.97 Å². The number of likely N-dealkylation sites (N-methyl/N-ethyl adjacent to an activating group) is 1. The highest BCUT2D eigenvalue weighted by molar-refractivity contribution is 5.39. The molecule has 29 heavy (non-hydrogen) atoms. The molecule has 1 atom stereocenters. The summed E-state index contributed by atoms with van der Waals surface area (Å²) in [5.74, 6) is 0.909. The lowest BCUT2D eigenvalue weighted by Crippen LogP contribution is -2.52. The standard InChI is InChI=1S/C24H35N5/c1-19-23(17-21-9-5-4-6-10-21)20(2)26-24(25-19)29-15-13-28(14-16-29)18-22-11-7-8-12-27(22)3/h4-6,9-10,22H,7-8,11-18H2,1-3H3. The van der Waals surface area contributed by atoms with Crippen LogP contribution >= 0.6 is 0 Å². The molecule has 0 N–H and O–H groups in total. The molecule has 0 spiro atoms. The van der Waals surface area contributed by atoms with Crippen molar-refractivity contribution in [3.63, 3.8) is 0 Å². The second-order valence-electron chi connectivity index (χ2n) is 8.75.